The Morgan fingerprint density at radius 2 is 1.87 bits per heavy atom. The molecule has 1 saturated heterocycles. The summed E-state index contributed by atoms with van der Waals surface area (Å²) in [6.45, 7) is 3.34. The summed E-state index contributed by atoms with van der Waals surface area (Å²) in [5, 5.41) is 2.91. The molecule has 0 aliphatic carbocycles. The fourth-order valence-electron chi connectivity index (χ4n) is 3.08. The van der Waals surface area contributed by atoms with Gasteiger partial charge in [0.2, 0.25) is 0 Å². The van der Waals surface area contributed by atoms with Crippen molar-refractivity contribution in [3.05, 3.63) is 59.7 Å². The van der Waals surface area contributed by atoms with E-state index in [4.69, 9.17) is 4.74 Å². The lowest BCUT2D eigenvalue weighted by molar-refractivity contribution is -0.110. The van der Waals surface area contributed by atoms with E-state index in [9.17, 15) is 4.79 Å². The minimum atomic E-state index is -0.0389. The van der Waals surface area contributed by atoms with E-state index < -0.39 is 0 Å². The van der Waals surface area contributed by atoms with Crippen molar-refractivity contribution in [2.24, 2.45) is 0 Å². The summed E-state index contributed by atoms with van der Waals surface area (Å²) in [6, 6.07) is 16.1. The maximum atomic E-state index is 12.2. The average molecular weight is 306 g/mol. The van der Waals surface area contributed by atoms with Gasteiger partial charge in [-0.3, -0.25) is 4.79 Å². The van der Waals surface area contributed by atoms with Crippen molar-refractivity contribution >= 4 is 28.9 Å². The van der Waals surface area contributed by atoms with Gasteiger partial charge in [-0.25, -0.2) is 0 Å². The van der Waals surface area contributed by atoms with Crippen molar-refractivity contribution in [2.75, 3.05) is 36.5 Å². The predicted molar refractivity (Wildman–Crippen MR) is 92.4 cm³/mol. The van der Waals surface area contributed by atoms with Crippen LogP contribution in [0.5, 0.6) is 0 Å². The van der Waals surface area contributed by atoms with Crippen LogP contribution in [-0.2, 0) is 9.53 Å². The van der Waals surface area contributed by atoms with Gasteiger partial charge in [0.25, 0.3) is 5.91 Å². The lowest BCUT2D eigenvalue weighted by Gasteiger charge is -2.29. The molecule has 2 aliphatic rings. The van der Waals surface area contributed by atoms with E-state index in [1.54, 1.807) is 0 Å². The highest BCUT2D eigenvalue weighted by molar-refractivity contribution is 6.34. The molecule has 4 rings (SSSR count). The highest BCUT2D eigenvalue weighted by atomic mass is 16.5. The monoisotopic (exact) mass is 306 g/mol. The number of rotatable bonds is 2. The number of carbonyl (C=O) groups excluding carboxylic acids is 1. The first-order valence-electron chi connectivity index (χ1n) is 7.86. The van der Waals surface area contributed by atoms with Crippen LogP contribution in [0.4, 0.5) is 11.4 Å². The second kappa shape index (κ2) is 5.89. The van der Waals surface area contributed by atoms with Crippen LogP contribution in [0.25, 0.3) is 11.6 Å². The molecule has 1 amide bonds. The number of fused-ring (bicyclic) bond motifs is 1. The minimum absolute atomic E-state index is 0.0389. The third kappa shape index (κ3) is 2.73. The molecule has 0 spiro atoms. The number of ether oxygens (including phenoxy) is 1. The number of hydrogen-bond acceptors (Lipinski definition) is 3. The first-order valence-corrected chi connectivity index (χ1v) is 7.86. The van der Waals surface area contributed by atoms with Gasteiger partial charge in [0.05, 0.1) is 13.2 Å². The maximum absolute atomic E-state index is 12.2. The molecule has 1 N–H and O–H groups in total. The van der Waals surface area contributed by atoms with E-state index in [1.165, 1.54) is 5.69 Å². The second-order valence-electron chi connectivity index (χ2n) is 5.75. The number of carbonyl (C=O) groups is 1. The highest BCUT2D eigenvalue weighted by Gasteiger charge is 2.23. The molecule has 0 atom stereocenters. The third-order valence-corrected chi connectivity index (χ3v) is 4.27. The third-order valence-electron chi connectivity index (χ3n) is 4.27. The van der Waals surface area contributed by atoms with E-state index in [2.05, 4.69) is 22.3 Å². The van der Waals surface area contributed by atoms with Crippen LogP contribution in [0.1, 0.15) is 11.1 Å². The van der Waals surface area contributed by atoms with Crippen molar-refractivity contribution in [3.8, 4) is 0 Å². The molecule has 2 aromatic carbocycles. The first-order chi connectivity index (χ1) is 11.3. The summed E-state index contributed by atoms with van der Waals surface area (Å²) < 4.78 is 5.41. The van der Waals surface area contributed by atoms with E-state index >= 15 is 0 Å². The number of anilines is 2. The summed E-state index contributed by atoms with van der Waals surface area (Å²) in [5.74, 6) is -0.0389. The van der Waals surface area contributed by atoms with Gasteiger partial charge in [-0.15, -0.1) is 0 Å². The van der Waals surface area contributed by atoms with Crippen molar-refractivity contribution in [1.29, 1.82) is 0 Å². The Balaban J connectivity index is 1.67. The Hall–Kier alpha value is -2.59. The molecule has 0 unspecified atom stereocenters. The molecule has 0 aromatic heterocycles. The normalized spacial score (nSPS) is 18.9. The fraction of sp³-hybridized carbons (Fsp3) is 0.211. The maximum Gasteiger partial charge on any atom is 0.256 e. The zero-order chi connectivity index (χ0) is 15.6. The van der Waals surface area contributed by atoms with Crippen LogP contribution in [0.3, 0.4) is 0 Å². The van der Waals surface area contributed by atoms with Gasteiger partial charge in [-0.05, 0) is 29.8 Å². The quantitative estimate of drug-likeness (QED) is 0.867. The van der Waals surface area contributed by atoms with Crippen LogP contribution in [0, 0.1) is 0 Å². The van der Waals surface area contributed by atoms with E-state index in [0.717, 1.165) is 48.7 Å². The lowest BCUT2D eigenvalue weighted by Crippen LogP contribution is -2.36. The summed E-state index contributed by atoms with van der Waals surface area (Å²) in [6.07, 6.45) is 1.96. The first kappa shape index (κ1) is 14.0. The minimum Gasteiger partial charge on any atom is -0.378 e. The zero-order valence-corrected chi connectivity index (χ0v) is 12.8. The standard InChI is InChI=1S/C19H18N2O2/c22-19-17(16-6-1-2-7-18(16)20-19)13-14-4-3-5-15(12-14)21-8-10-23-11-9-21/h1-7,12-13H,8-11H2,(H,20,22)/b17-13-. The van der Waals surface area contributed by atoms with Gasteiger partial charge < -0.3 is 15.0 Å². The van der Waals surface area contributed by atoms with Gasteiger partial charge in [-0.2, -0.15) is 0 Å². The number of nitrogens with one attached hydrogen (secondary N) is 1. The van der Waals surface area contributed by atoms with E-state index in [0.29, 0.717) is 0 Å². The number of nitrogens with zero attached hydrogens (tertiary/aromatic N) is 1. The topological polar surface area (TPSA) is 41.6 Å². The van der Waals surface area contributed by atoms with Crippen LogP contribution in [0.15, 0.2) is 48.5 Å². The Bertz CT molecular complexity index is 776. The van der Waals surface area contributed by atoms with Gasteiger partial charge in [0.1, 0.15) is 0 Å². The molecule has 4 nitrogen and oxygen atoms in total. The Kier molecular flexibility index (Phi) is 3.60. The van der Waals surface area contributed by atoms with Crippen molar-refractivity contribution in [2.45, 2.75) is 0 Å². The fourth-order valence-corrected chi connectivity index (χ4v) is 3.08. The smallest absolute Gasteiger partial charge is 0.256 e. The molecule has 116 valence electrons. The molecular formula is C19H18N2O2. The average Bonchev–Trinajstić information content (AvgIpc) is 2.92. The summed E-state index contributed by atoms with van der Waals surface area (Å²) in [5.41, 5.74) is 4.78. The molecule has 2 aliphatic heterocycles. The van der Waals surface area contributed by atoms with Crippen LogP contribution >= 0.6 is 0 Å². The summed E-state index contributed by atoms with van der Waals surface area (Å²) >= 11 is 0. The summed E-state index contributed by atoms with van der Waals surface area (Å²) in [4.78, 5) is 14.5. The molecule has 0 saturated carbocycles. The number of para-hydroxylation sites is 1. The Labute approximate surface area is 135 Å². The number of hydrogen-bond donors (Lipinski definition) is 1. The number of amides is 1. The highest BCUT2D eigenvalue weighted by Crippen LogP contribution is 2.33. The second-order valence-corrected chi connectivity index (χ2v) is 5.75. The van der Waals surface area contributed by atoms with Crippen molar-refractivity contribution in [3.63, 3.8) is 0 Å². The molecule has 0 bridgehead atoms. The van der Waals surface area contributed by atoms with Gasteiger partial charge in [0.15, 0.2) is 0 Å². The van der Waals surface area contributed by atoms with E-state index in [-0.39, 0.29) is 5.91 Å². The van der Waals surface area contributed by atoms with Crippen molar-refractivity contribution in [1.82, 2.24) is 0 Å². The van der Waals surface area contributed by atoms with Gasteiger partial charge in [0, 0.05) is 35.6 Å². The summed E-state index contributed by atoms with van der Waals surface area (Å²) in [7, 11) is 0. The van der Waals surface area contributed by atoms with Crippen LogP contribution in [0.2, 0.25) is 0 Å². The molecule has 0 radical (unpaired) electrons. The number of benzene rings is 2. The molecular weight excluding hydrogens is 288 g/mol. The molecule has 4 heteroatoms. The van der Waals surface area contributed by atoms with E-state index in [1.807, 2.05) is 42.5 Å². The predicted octanol–water partition coefficient (Wildman–Crippen LogP) is 3.02. The molecule has 1 fully saturated rings. The zero-order valence-electron chi connectivity index (χ0n) is 12.8. The van der Waals surface area contributed by atoms with Crippen molar-refractivity contribution < 1.29 is 9.53 Å². The van der Waals surface area contributed by atoms with Gasteiger partial charge in [-0.1, -0.05) is 30.3 Å². The lowest BCUT2D eigenvalue weighted by atomic mass is 10.0. The Morgan fingerprint density at radius 3 is 2.74 bits per heavy atom. The van der Waals surface area contributed by atoms with Gasteiger partial charge >= 0.3 is 0 Å². The van der Waals surface area contributed by atoms with Crippen LogP contribution in [-0.4, -0.2) is 32.2 Å². The molecule has 23 heavy (non-hydrogen) atoms. The van der Waals surface area contributed by atoms with Crippen LogP contribution < -0.4 is 10.2 Å². The largest absolute Gasteiger partial charge is 0.378 e. The molecule has 2 heterocycles. The Morgan fingerprint density at radius 1 is 1.04 bits per heavy atom. The SMILES string of the molecule is O=C1Nc2ccccc2/C1=C/c1cccc(N2CCOCC2)c1. The molecule has 2 aromatic rings. The number of morpholine rings is 1.